The minimum atomic E-state index is -0.412. The van der Waals surface area contributed by atoms with E-state index in [0.717, 1.165) is 57.6 Å². The van der Waals surface area contributed by atoms with Gasteiger partial charge in [0.05, 0.1) is 17.0 Å². The third kappa shape index (κ3) is 3.15. The summed E-state index contributed by atoms with van der Waals surface area (Å²) in [5.41, 5.74) is 7.66. The van der Waals surface area contributed by atoms with Gasteiger partial charge in [0, 0.05) is 28.8 Å². The number of nitrogens with zero attached hydrogens (tertiary/aromatic N) is 4. The molecule has 7 rings (SSSR count). The van der Waals surface area contributed by atoms with Gasteiger partial charge >= 0.3 is 0 Å². The predicted molar refractivity (Wildman–Crippen MR) is 134 cm³/mol. The Morgan fingerprint density at radius 3 is 2.44 bits per heavy atom. The van der Waals surface area contributed by atoms with Crippen LogP contribution >= 0.6 is 0 Å². The lowest BCUT2D eigenvalue weighted by molar-refractivity contribution is -0.0679. The molecule has 2 fully saturated rings. The number of hydrogen-bond donors (Lipinski definition) is 1. The quantitative estimate of drug-likeness (QED) is 0.371. The van der Waals surface area contributed by atoms with E-state index in [1.807, 2.05) is 29.8 Å². The Bertz CT molecular complexity index is 1530. The monoisotopic (exact) mass is 446 g/mol. The molecule has 2 aromatic carbocycles. The van der Waals surface area contributed by atoms with Crippen molar-refractivity contribution in [1.29, 1.82) is 0 Å². The molecule has 0 unspecified atom stereocenters. The Hall–Kier alpha value is -3.57. The second-order valence-corrected chi connectivity index (χ2v) is 10.1. The summed E-state index contributed by atoms with van der Waals surface area (Å²) in [7, 11) is 0. The van der Waals surface area contributed by atoms with Crippen LogP contribution in [-0.4, -0.2) is 30.3 Å². The molecule has 0 spiro atoms. The Balaban J connectivity index is 1.33. The van der Waals surface area contributed by atoms with Crippen molar-refractivity contribution in [3.63, 3.8) is 0 Å². The lowest BCUT2D eigenvalue weighted by atomic mass is 9.65. The van der Waals surface area contributed by atoms with Crippen LogP contribution in [0.4, 0.5) is 0 Å². The zero-order valence-electron chi connectivity index (χ0n) is 19.1. The molecule has 0 bridgehead atoms. The van der Waals surface area contributed by atoms with Gasteiger partial charge in [0.1, 0.15) is 0 Å². The fraction of sp³-hybridized carbons (Fsp3) is 0.276. The van der Waals surface area contributed by atoms with Gasteiger partial charge < -0.3 is 5.11 Å². The summed E-state index contributed by atoms with van der Waals surface area (Å²) >= 11 is 0. The van der Waals surface area contributed by atoms with Crippen molar-refractivity contribution in [2.45, 2.75) is 44.1 Å². The Labute approximate surface area is 198 Å². The van der Waals surface area contributed by atoms with Crippen molar-refractivity contribution in [3.05, 3.63) is 84.2 Å². The molecule has 2 saturated carbocycles. The lowest BCUT2D eigenvalue weighted by Gasteiger charge is -2.44. The van der Waals surface area contributed by atoms with Crippen LogP contribution in [-0.2, 0) is 0 Å². The minimum Gasteiger partial charge on any atom is -0.390 e. The second kappa shape index (κ2) is 7.21. The highest BCUT2D eigenvalue weighted by molar-refractivity contribution is 5.90. The van der Waals surface area contributed by atoms with Crippen LogP contribution in [0.3, 0.4) is 0 Å². The first-order valence-corrected chi connectivity index (χ1v) is 12.1. The summed E-state index contributed by atoms with van der Waals surface area (Å²) in [6, 6.07) is 23.3. The molecule has 3 aromatic heterocycles. The summed E-state index contributed by atoms with van der Waals surface area (Å²) in [5, 5.41) is 16.3. The zero-order chi connectivity index (χ0) is 22.9. The normalized spacial score (nSPS) is 22.2. The van der Waals surface area contributed by atoms with Gasteiger partial charge in [0.2, 0.25) is 0 Å². The maximum absolute atomic E-state index is 10.7. The average Bonchev–Trinajstić information content (AvgIpc) is 3.63. The van der Waals surface area contributed by atoms with Gasteiger partial charge in [-0.15, -0.1) is 0 Å². The largest absolute Gasteiger partial charge is 0.390 e. The number of aromatic nitrogens is 4. The molecule has 0 radical (unpaired) electrons. The SMILES string of the molecule is Cc1cc2ncc3cc(-c4ccccc4)c(-c4ccc(C5CC(O)(C6CC6)C5)cc4)nc3n2n1. The summed E-state index contributed by atoms with van der Waals surface area (Å²) < 4.78 is 1.84. The topological polar surface area (TPSA) is 63.3 Å². The first-order valence-electron chi connectivity index (χ1n) is 12.1. The molecule has 2 aliphatic rings. The Morgan fingerprint density at radius 1 is 0.941 bits per heavy atom. The zero-order valence-corrected chi connectivity index (χ0v) is 19.1. The van der Waals surface area contributed by atoms with Crippen LogP contribution in [0, 0.1) is 12.8 Å². The lowest BCUT2D eigenvalue weighted by Crippen LogP contribution is -2.44. The molecule has 1 N–H and O–H groups in total. The predicted octanol–water partition coefficient (Wildman–Crippen LogP) is 5.94. The van der Waals surface area contributed by atoms with Crippen LogP contribution in [0.5, 0.6) is 0 Å². The highest BCUT2D eigenvalue weighted by Gasteiger charge is 2.52. The molecule has 0 amide bonds. The van der Waals surface area contributed by atoms with Gasteiger partial charge in [0.25, 0.3) is 0 Å². The summed E-state index contributed by atoms with van der Waals surface area (Å²) in [6.07, 6.45) is 6.05. The number of pyridine rings is 1. The molecule has 2 aliphatic carbocycles. The van der Waals surface area contributed by atoms with E-state index in [0.29, 0.717) is 11.8 Å². The van der Waals surface area contributed by atoms with Crippen LogP contribution in [0.15, 0.2) is 72.9 Å². The summed E-state index contributed by atoms with van der Waals surface area (Å²) in [5.74, 6) is 0.992. The minimum absolute atomic E-state index is 0.412. The van der Waals surface area contributed by atoms with Gasteiger partial charge in [-0.1, -0.05) is 54.6 Å². The van der Waals surface area contributed by atoms with Crippen molar-refractivity contribution in [3.8, 4) is 22.4 Å². The second-order valence-electron chi connectivity index (χ2n) is 10.1. The number of fused-ring (bicyclic) bond motifs is 3. The fourth-order valence-corrected chi connectivity index (χ4v) is 5.61. The van der Waals surface area contributed by atoms with Gasteiger partial charge in [-0.3, -0.25) is 0 Å². The molecule has 0 saturated heterocycles. The number of aryl methyl sites for hydroxylation is 1. The van der Waals surface area contributed by atoms with Crippen LogP contribution in [0.25, 0.3) is 39.1 Å². The molecule has 0 aliphatic heterocycles. The molecule has 3 heterocycles. The molecular formula is C29H26N4O. The maximum atomic E-state index is 10.7. The molecule has 168 valence electrons. The van der Waals surface area contributed by atoms with E-state index in [4.69, 9.17) is 4.98 Å². The summed E-state index contributed by atoms with van der Waals surface area (Å²) in [6.45, 7) is 1.98. The van der Waals surface area contributed by atoms with Crippen molar-refractivity contribution in [2.24, 2.45) is 5.92 Å². The van der Waals surface area contributed by atoms with Gasteiger partial charge in [-0.05, 0) is 61.6 Å². The third-order valence-electron chi connectivity index (χ3n) is 7.66. The van der Waals surface area contributed by atoms with Crippen LogP contribution in [0.1, 0.15) is 42.9 Å². The van der Waals surface area contributed by atoms with Crippen molar-refractivity contribution in [2.75, 3.05) is 0 Å². The Morgan fingerprint density at radius 2 is 1.71 bits per heavy atom. The smallest absolute Gasteiger partial charge is 0.165 e. The van der Waals surface area contributed by atoms with Gasteiger partial charge in [-0.25, -0.2) is 9.97 Å². The molecule has 34 heavy (non-hydrogen) atoms. The van der Waals surface area contributed by atoms with Crippen molar-refractivity contribution >= 4 is 16.7 Å². The van der Waals surface area contributed by atoms with Crippen LogP contribution in [0.2, 0.25) is 0 Å². The van der Waals surface area contributed by atoms with E-state index in [1.54, 1.807) is 0 Å². The molecule has 5 heteroatoms. The van der Waals surface area contributed by atoms with Crippen molar-refractivity contribution < 1.29 is 5.11 Å². The van der Waals surface area contributed by atoms with Gasteiger partial charge in [0.15, 0.2) is 11.3 Å². The Kier molecular flexibility index (Phi) is 4.21. The molecule has 5 aromatic rings. The van der Waals surface area contributed by atoms with E-state index in [-0.39, 0.29) is 0 Å². The van der Waals surface area contributed by atoms with E-state index in [2.05, 4.69) is 64.7 Å². The molecule has 5 nitrogen and oxygen atoms in total. The number of rotatable bonds is 4. The van der Waals surface area contributed by atoms with Gasteiger partial charge in [-0.2, -0.15) is 9.61 Å². The molecular weight excluding hydrogens is 420 g/mol. The number of hydrogen-bond acceptors (Lipinski definition) is 4. The highest BCUT2D eigenvalue weighted by Crippen LogP contribution is 2.56. The number of aliphatic hydroxyl groups is 1. The van der Waals surface area contributed by atoms with E-state index in [1.165, 1.54) is 18.4 Å². The highest BCUT2D eigenvalue weighted by atomic mass is 16.3. The number of benzene rings is 2. The van der Waals surface area contributed by atoms with E-state index in [9.17, 15) is 5.11 Å². The van der Waals surface area contributed by atoms with Crippen molar-refractivity contribution in [1.82, 2.24) is 19.6 Å². The maximum Gasteiger partial charge on any atom is 0.165 e. The summed E-state index contributed by atoms with van der Waals surface area (Å²) in [4.78, 5) is 9.73. The van der Waals surface area contributed by atoms with E-state index < -0.39 is 5.60 Å². The first-order chi connectivity index (χ1) is 16.6. The first kappa shape index (κ1) is 19.9. The van der Waals surface area contributed by atoms with E-state index >= 15 is 0 Å². The average molecular weight is 447 g/mol. The standard InChI is InChI=1S/C29H26N4O/c1-18-13-26-30-17-22-14-25(20-5-3-2-4-6-20)27(31-28(22)33(26)32-18)21-9-7-19(8-10-21)23-15-29(34,16-23)24-11-12-24/h2-10,13-14,17,23-24,34H,11-12,15-16H2,1H3. The van der Waals surface area contributed by atoms with Crippen LogP contribution < -0.4 is 0 Å². The third-order valence-corrected chi connectivity index (χ3v) is 7.66. The molecule has 0 atom stereocenters. The fourth-order valence-electron chi connectivity index (χ4n) is 5.61.